The number of phenols is 1. The number of fused-ring (bicyclic) bond motifs is 1. The summed E-state index contributed by atoms with van der Waals surface area (Å²) in [4.78, 5) is 5.16. The summed E-state index contributed by atoms with van der Waals surface area (Å²) in [6, 6.07) is 24.3. The Morgan fingerprint density at radius 3 is 2.46 bits per heavy atom. The average Bonchev–Trinajstić information content (AvgIpc) is 2.91. The van der Waals surface area contributed by atoms with Gasteiger partial charge in [0, 0.05) is 25.3 Å². The predicted octanol–water partition coefficient (Wildman–Crippen LogP) is 6.72. The van der Waals surface area contributed by atoms with E-state index in [1.807, 2.05) is 12.1 Å². The molecule has 0 bridgehead atoms. The fourth-order valence-electron chi connectivity index (χ4n) is 6.00. The van der Waals surface area contributed by atoms with Crippen LogP contribution < -0.4 is 4.90 Å². The van der Waals surface area contributed by atoms with Crippen LogP contribution in [0.5, 0.6) is 5.75 Å². The maximum absolute atomic E-state index is 9.86. The standard InChI is InChI=1S/C32H40N2O/c1-2-34(24-26-12-10-25(11-13-26)18-21-33-19-6-3-7-20-33)32-9-5-4-8-31(32)29-15-14-28-23-30(35)17-16-27(28)22-29/h4-5,8-13,16-17,23,29,35H,2-3,6-7,14-15,18-22,24H2,1H3/t29-/m1/s1. The van der Waals surface area contributed by atoms with Gasteiger partial charge in [-0.05, 0) is 110 Å². The summed E-state index contributed by atoms with van der Waals surface area (Å²) in [5.74, 6) is 0.909. The first-order chi connectivity index (χ1) is 17.2. The molecule has 1 aliphatic heterocycles. The van der Waals surface area contributed by atoms with Gasteiger partial charge in [-0.2, -0.15) is 0 Å². The van der Waals surface area contributed by atoms with Crippen LogP contribution in [0.1, 0.15) is 66.3 Å². The largest absolute Gasteiger partial charge is 0.508 e. The highest BCUT2D eigenvalue weighted by molar-refractivity contribution is 5.56. The third-order valence-electron chi connectivity index (χ3n) is 8.08. The summed E-state index contributed by atoms with van der Waals surface area (Å²) in [6.07, 6.45) is 8.51. The first kappa shape index (κ1) is 23.9. The number of para-hydroxylation sites is 1. The number of anilines is 1. The van der Waals surface area contributed by atoms with Gasteiger partial charge in [-0.3, -0.25) is 0 Å². The van der Waals surface area contributed by atoms with Crippen molar-refractivity contribution in [3.05, 3.63) is 94.5 Å². The van der Waals surface area contributed by atoms with E-state index in [9.17, 15) is 5.11 Å². The van der Waals surface area contributed by atoms with Crippen molar-refractivity contribution in [2.45, 2.75) is 64.3 Å². The second-order valence-corrected chi connectivity index (χ2v) is 10.4. The number of hydrogen-bond acceptors (Lipinski definition) is 3. The molecule has 0 radical (unpaired) electrons. The minimum absolute atomic E-state index is 0.386. The van der Waals surface area contributed by atoms with Crippen molar-refractivity contribution in [3.8, 4) is 5.75 Å². The summed E-state index contributed by atoms with van der Waals surface area (Å²) in [7, 11) is 0. The summed E-state index contributed by atoms with van der Waals surface area (Å²) in [5, 5.41) is 9.86. The number of aromatic hydroxyl groups is 1. The van der Waals surface area contributed by atoms with E-state index in [-0.39, 0.29) is 0 Å². The third-order valence-corrected chi connectivity index (χ3v) is 8.08. The maximum Gasteiger partial charge on any atom is 0.115 e. The summed E-state index contributed by atoms with van der Waals surface area (Å²) >= 11 is 0. The van der Waals surface area contributed by atoms with Gasteiger partial charge in [-0.15, -0.1) is 0 Å². The molecule has 3 heteroatoms. The Morgan fingerprint density at radius 1 is 0.886 bits per heavy atom. The van der Waals surface area contributed by atoms with E-state index in [2.05, 4.69) is 71.3 Å². The van der Waals surface area contributed by atoms with Crippen molar-refractivity contribution in [1.29, 1.82) is 0 Å². The van der Waals surface area contributed by atoms with Crippen LogP contribution in [0.15, 0.2) is 66.7 Å². The van der Waals surface area contributed by atoms with Gasteiger partial charge in [-0.1, -0.05) is 55.0 Å². The van der Waals surface area contributed by atoms with Gasteiger partial charge in [-0.25, -0.2) is 0 Å². The van der Waals surface area contributed by atoms with Gasteiger partial charge in [0.25, 0.3) is 0 Å². The normalized spacial score (nSPS) is 18.3. The summed E-state index contributed by atoms with van der Waals surface area (Å²) < 4.78 is 0. The molecule has 0 amide bonds. The monoisotopic (exact) mass is 468 g/mol. The van der Waals surface area contributed by atoms with Gasteiger partial charge in [0.2, 0.25) is 0 Å². The second-order valence-electron chi connectivity index (χ2n) is 10.4. The lowest BCUT2D eigenvalue weighted by molar-refractivity contribution is 0.231. The first-order valence-corrected chi connectivity index (χ1v) is 13.6. The molecule has 1 N–H and O–H groups in total. The molecular formula is C32H40N2O. The van der Waals surface area contributed by atoms with Crippen LogP contribution in [0.3, 0.4) is 0 Å². The van der Waals surface area contributed by atoms with Crippen molar-refractivity contribution in [3.63, 3.8) is 0 Å². The van der Waals surface area contributed by atoms with Crippen molar-refractivity contribution in [2.24, 2.45) is 0 Å². The molecule has 1 fully saturated rings. The fraction of sp³-hybridized carbons (Fsp3) is 0.438. The highest BCUT2D eigenvalue weighted by Gasteiger charge is 2.24. The lowest BCUT2D eigenvalue weighted by atomic mass is 9.79. The van der Waals surface area contributed by atoms with Crippen molar-refractivity contribution >= 4 is 5.69 Å². The van der Waals surface area contributed by atoms with Crippen LogP contribution >= 0.6 is 0 Å². The van der Waals surface area contributed by atoms with E-state index < -0.39 is 0 Å². The molecule has 0 aromatic heterocycles. The van der Waals surface area contributed by atoms with Crippen LogP contribution in [0.25, 0.3) is 0 Å². The van der Waals surface area contributed by atoms with Crippen LogP contribution in [0.4, 0.5) is 5.69 Å². The van der Waals surface area contributed by atoms with Crippen LogP contribution in [0.2, 0.25) is 0 Å². The van der Waals surface area contributed by atoms with Gasteiger partial charge >= 0.3 is 0 Å². The number of nitrogens with zero attached hydrogens (tertiary/aromatic N) is 2. The molecule has 2 aliphatic rings. The third kappa shape index (κ3) is 5.90. The van der Waals surface area contributed by atoms with E-state index >= 15 is 0 Å². The summed E-state index contributed by atoms with van der Waals surface area (Å²) in [6.45, 7) is 7.94. The lowest BCUT2D eigenvalue weighted by Gasteiger charge is -2.31. The van der Waals surface area contributed by atoms with Gasteiger partial charge in [0.1, 0.15) is 5.75 Å². The molecular weight excluding hydrogens is 428 g/mol. The SMILES string of the molecule is CCN(Cc1ccc(CCN2CCCCC2)cc1)c1ccccc1[C@@H]1CCc2cc(O)ccc2C1. The lowest BCUT2D eigenvalue weighted by Crippen LogP contribution is -2.31. The highest BCUT2D eigenvalue weighted by Crippen LogP contribution is 2.38. The smallest absolute Gasteiger partial charge is 0.115 e. The minimum Gasteiger partial charge on any atom is -0.508 e. The molecule has 0 spiro atoms. The van der Waals surface area contributed by atoms with E-state index in [1.54, 1.807) is 0 Å². The number of aryl methyl sites for hydroxylation is 1. The molecule has 1 heterocycles. The maximum atomic E-state index is 9.86. The molecule has 1 aliphatic carbocycles. The molecule has 5 rings (SSSR count). The highest BCUT2D eigenvalue weighted by atomic mass is 16.3. The van der Waals surface area contributed by atoms with Crippen molar-refractivity contribution in [1.82, 2.24) is 4.90 Å². The van der Waals surface area contributed by atoms with Gasteiger partial charge < -0.3 is 14.9 Å². The number of benzene rings is 3. The number of hydrogen-bond donors (Lipinski definition) is 1. The first-order valence-electron chi connectivity index (χ1n) is 13.6. The predicted molar refractivity (Wildman–Crippen MR) is 146 cm³/mol. The Kier molecular flexibility index (Phi) is 7.73. The second kappa shape index (κ2) is 11.3. The Labute approximate surface area is 211 Å². The quantitative estimate of drug-likeness (QED) is 0.397. The topological polar surface area (TPSA) is 26.7 Å². The van der Waals surface area contributed by atoms with E-state index in [4.69, 9.17) is 0 Å². The van der Waals surface area contributed by atoms with E-state index in [0.29, 0.717) is 11.7 Å². The minimum atomic E-state index is 0.386. The zero-order valence-corrected chi connectivity index (χ0v) is 21.3. The van der Waals surface area contributed by atoms with Gasteiger partial charge in [0.05, 0.1) is 0 Å². The van der Waals surface area contributed by atoms with Crippen molar-refractivity contribution in [2.75, 3.05) is 31.1 Å². The Bertz CT molecular complexity index is 1100. The average molecular weight is 469 g/mol. The molecule has 0 saturated carbocycles. The Morgan fingerprint density at radius 2 is 1.66 bits per heavy atom. The van der Waals surface area contributed by atoms with Crippen LogP contribution in [0, 0.1) is 0 Å². The van der Waals surface area contributed by atoms with Crippen LogP contribution in [-0.4, -0.2) is 36.2 Å². The number of piperidine rings is 1. The summed E-state index contributed by atoms with van der Waals surface area (Å²) in [5.41, 5.74) is 8.37. The zero-order valence-electron chi connectivity index (χ0n) is 21.3. The van der Waals surface area contributed by atoms with E-state index in [0.717, 1.165) is 38.8 Å². The molecule has 3 nitrogen and oxygen atoms in total. The Hall–Kier alpha value is -2.78. The van der Waals surface area contributed by atoms with Crippen LogP contribution in [-0.2, 0) is 25.8 Å². The molecule has 3 aromatic rings. The fourth-order valence-corrected chi connectivity index (χ4v) is 6.00. The molecule has 0 unspecified atom stereocenters. The van der Waals surface area contributed by atoms with Crippen molar-refractivity contribution < 1.29 is 5.11 Å². The Balaban J connectivity index is 1.26. The molecule has 3 aromatic carbocycles. The van der Waals surface area contributed by atoms with E-state index in [1.165, 1.54) is 72.4 Å². The number of rotatable bonds is 8. The number of phenolic OH excluding ortho intramolecular Hbond substituents is 1. The molecule has 184 valence electrons. The molecule has 1 atom stereocenters. The van der Waals surface area contributed by atoms with Gasteiger partial charge in [0.15, 0.2) is 0 Å². The number of likely N-dealkylation sites (tertiary alicyclic amines) is 1. The zero-order chi connectivity index (χ0) is 24.0. The molecule has 1 saturated heterocycles. The molecule has 35 heavy (non-hydrogen) atoms.